The Labute approximate surface area is 141 Å². The first-order valence-electron chi connectivity index (χ1n) is 4.81. The van der Waals surface area contributed by atoms with Crippen LogP contribution in [0.1, 0.15) is 11.1 Å². The predicted molar refractivity (Wildman–Crippen MR) is 66.8 cm³/mol. The first kappa shape index (κ1) is 37.0. The van der Waals surface area contributed by atoms with Crippen LogP contribution >= 0.6 is 0 Å². The third-order valence-corrected chi connectivity index (χ3v) is 2.23. The molecule has 9 heteroatoms. The van der Waals surface area contributed by atoms with Gasteiger partial charge in [-0.05, 0) is 0 Å². The molecule has 0 aliphatic rings. The molecular formula is C13H14F6N2Sb-5. The molecule has 0 aliphatic carbocycles. The summed E-state index contributed by atoms with van der Waals surface area (Å²) in [4.78, 5) is 0. The monoisotopic (exact) mass is 433 g/mol. The van der Waals surface area contributed by atoms with E-state index < -0.39 is 0 Å². The van der Waals surface area contributed by atoms with Crippen LogP contribution in [0.2, 0.25) is 0 Å². The van der Waals surface area contributed by atoms with Crippen LogP contribution in [-0.4, -0.2) is 24.4 Å². The van der Waals surface area contributed by atoms with Crippen molar-refractivity contribution < 1.29 is 32.8 Å². The second-order valence-electron chi connectivity index (χ2n) is 3.36. The SMILES string of the molecule is N#Cc1cc[n+](Cc2ccccc2)cc1.[F-].[F-].[F-].[F-].[F-].[F-].[SbH3]. The van der Waals surface area contributed by atoms with Gasteiger partial charge in [-0.1, -0.05) is 30.3 Å². The molecule has 0 saturated carbocycles. The van der Waals surface area contributed by atoms with E-state index in [1.165, 1.54) is 5.56 Å². The molecule has 0 fully saturated rings. The van der Waals surface area contributed by atoms with Crippen molar-refractivity contribution in [3.05, 3.63) is 66.0 Å². The summed E-state index contributed by atoms with van der Waals surface area (Å²) in [5.41, 5.74) is 1.95. The number of aromatic nitrogens is 1. The summed E-state index contributed by atoms with van der Waals surface area (Å²) >= 11 is 0. The quantitative estimate of drug-likeness (QED) is 0.262. The fraction of sp³-hybridized carbons (Fsp3) is 0.0769. The summed E-state index contributed by atoms with van der Waals surface area (Å²) in [6.45, 7) is 0.840. The van der Waals surface area contributed by atoms with E-state index in [9.17, 15) is 0 Å². The van der Waals surface area contributed by atoms with Gasteiger partial charge in [-0.25, -0.2) is 4.57 Å². The van der Waals surface area contributed by atoms with Crippen LogP contribution in [-0.2, 0) is 6.54 Å². The molecule has 1 aromatic carbocycles. The van der Waals surface area contributed by atoms with Crippen molar-refractivity contribution in [1.29, 1.82) is 5.26 Å². The molecule has 1 aromatic heterocycles. The standard InChI is InChI=1S/C13H11N2.6FH.Sb.3H/c14-10-12-6-8-15(9-7-12)11-13-4-2-1-3-5-13;;;;;;;;;;/h1-9H,11H2;6*1H;;;;/q+1;;;;;;;;;;/p-6. The first-order valence-corrected chi connectivity index (χ1v) is 4.81. The van der Waals surface area contributed by atoms with Crippen LogP contribution in [0.4, 0.5) is 0 Å². The molecule has 128 valence electrons. The maximum atomic E-state index is 8.66. The normalized spacial score (nSPS) is 6.50. The van der Waals surface area contributed by atoms with E-state index in [1.807, 2.05) is 42.7 Å². The number of hydrogen-bond donors (Lipinski definition) is 0. The van der Waals surface area contributed by atoms with Gasteiger partial charge in [0.1, 0.15) is 0 Å². The number of halogens is 6. The number of benzene rings is 1. The van der Waals surface area contributed by atoms with Crippen molar-refractivity contribution >= 4 is 24.4 Å². The van der Waals surface area contributed by atoms with Crippen LogP contribution < -0.4 is 32.8 Å². The molecule has 2 aromatic rings. The van der Waals surface area contributed by atoms with Gasteiger partial charge in [-0.2, -0.15) is 5.26 Å². The molecule has 0 amide bonds. The van der Waals surface area contributed by atoms with E-state index >= 15 is 0 Å². The molecule has 0 radical (unpaired) electrons. The summed E-state index contributed by atoms with van der Waals surface area (Å²) < 4.78 is 2.05. The first-order chi connectivity index (χ1) is 7.38. The number of rotatable bonds is 2. The van der Waals surface area contributed by atoms with Gasteiger partial charge >= 0.3 is 24.4 Å². The van der Waals surface area contributed by atoms with E-state index in [-0.39, 0.29) is 52.7 Å². The Morgan fingerprint density at radius 1 is 0.773 bits per heavy atom. The van der Waals surface area contributed by atoms with Crippen molar-refractivity contribution in [3.63, 3.8) is 0 Å². The molecule has 2 nitrogen and oxygen atoms in total. The van der Waals surface area contributed by atoms with Crippen LogP contribution in [0.25, 0.3) is 0 Å². The molecule has 0 unspecified atom stereocenters. The van der Waals surface area contributed by atoms with Gasteiger partial charge in [0, 0.05) is 17.7 Å². The minimum atomic E-state index is 0. The third kappa shape index (κ3) is 11.0. The number of nitriles is 1. The van der Waals surface area contributed by atoms with E-state index in [2.05, 4.69) is 22.8 Å². The Bertz CT molecular complexity index is 490. The summed E-state index contributed by atoms with van der Waals surface area (Å²) in [6.07, 6.45) is 3.84. The van der Waals surface area contributed by atoms with Gasteiger partial charge < -0.3 is 28.2 Å². The van der Waals surface area contributed by atoms with Crippen LogP contribution in [0.3, 0.4) is 0 Å². The topological polar surface area (TPSA) is 27.7 Å². The van der Waals surface area contributed by atoms with Gasteiger partial charge in [-0.15, -0.1) is 0 Å². The van der Waals surface area contributed by atoms with E-state index in [0.717, 1.165) is 6.54 Å². The molecule has 0 spiro atoms. The van der Waals surface area contributed by atoms with E-state index in [4.69, 9.17) is 5.26 Å². The second kappa shape index (κ2) is 19.3. The van der Waals surface area contributed by atoms with Gasteiger partial charge in [0.25, 0.3) is 0 Å². The van der Waals surface area contributed by atoms with E-state index in [1.54, 1.807) is 0 Å². The molecular weight excluding hydrogens is 420 g/mol. The fourth-order valence-electron chi connectivity index (χ4n) is 1.43. The molecule has 22 heavy (non-hydrogen) atoms. The van der Waals surface area contributed by atoms with E-state index in [0.29, 0.717) is 5.56 Å². The minimum absolute atomic E-state index is 0. The number of nitrogens with zero attached hydrogens (tertiary/aromatic N) is 2. The van der Waals surface area contributed by atoms with Crippen molar-refractivity contribution in [2.24, 2.45) is 0 Å². The van der Waals surface area contributed by atoms with Crippen LogP contribution in [0.15, 0.2) is 54.9 Å². The average molecular weight is 434 g/mol. The van der Waals surface area contributed by atoms with Crippen LogP contribution in [0.5, 0.6) is 0 Å². The van der Waals surface area contributed by atoms with Crippen molar-refractivity contribution in [3.8, 4) is 6.07 Å². The Morgan fingerprint density at radius 2 is 1.23 bits per heavy atom. The Hall–Kier alpha value is -1.74. The summed E-state index contributed by atoms with van der Waals surface area (Å²) in [5, 5.41) is 8.66. The van der Waals surface area contributed by atoms with Crippen molar-refractivity contribution in [2.45, 2.75) is 6.54 Å². The predicted octanol–water partition coefficient (Wildman–Crippen LogP) is -17.3. The van der Waals surface area contributed by atoms with Crippen LogP contribution in [0, 0.1) is 11.3 Å². The molecule has 0 saturated heterocycles. The van der Waals surface area contributed by atoms with Gasteiger partial charge in [-0.3, -0.25) is 0 Å². The molecule has 0 N–H and O–H groups in total. The average Bonchev–Trinajstić information content (AvgIpc) is 2.31. The molecule has 0 aliphatic heterocycles. The number of pyridine rings is 1. The van der Waals surface area contributed by atoms with Gasteiger partial charge in [0.2, 0.25) is 0 Å². The Balaban J connectivity index is -0.0000000914. The zero-order chi connectivity index (χ0) is 10.5. The Kier molecular flexibility index (Phi) is 32.4. The summed E-state index contributed by atoms with van der Waals surface area (Å²) in [6, 6.07) is 16.0. The molecule has 0 atom stereocenters. The fourth-order valence-corrected chi connectivity index (χ4v) is 1.43. The Morgan fingerprint density at radius 3 is 1.64 bits per heavy atom. The zero-order valence-electron chi connectivity index (χ0n) is 11.3. The maximum absolute atomic E-state index is 8.66. The molecule has 1 heterocycles. The third-order valence-electron chi connectivity index (χ3n) is 2.23. The van der Waals surface area contributed by atoms with Crippen molar-refractivity contribution in [1.82, 2.24) is 0 Å². The summed E-state index contributed by atoms with van der Waals surface area (Å²) in [5.74, 6) is 0. The molecule has 2 rings (SSSR count). The van der Waals surface area contributed by atoms with Crippen molar-refractivity contribution in [2.75, 3.05) is 0 Å². The second-order valence-corrected chi connectivity index (χ2v) is 3.36. The number of hydrogen-bond acceptors (Lipinski definition) is 1. The zero-order valence-corrected chi connectivity index (χ0v) is 15.3. The van der Waals surface area contributed by atoms with Gasteiger partial charge in [0.05, 0.1) is 11.6 Å². The molecule has 0 bridgehead atoms. The van der Waals surface area contributed by atoms with Gasteiger partial charge in [0.15, 0.2) is 18.9 Å². The summed E-state index contributed by atoms with van der Waals surface area (Å²) in [7, 11) is 0.